The molecule has 0 aliphatic heterocycles. The highest BCUT2D eigenvalue weighted by Crippen LogP contribution is 2.21. The van der Waals surface area contributed by atoms with Crippen molar-refractivity contribution in [3.63, 3.8) is 0 Å². The number of aryl methyl sites for hydroxylation is 1. The second-order valence-corrected chi connectivity index (χ2v) is 3.88. The topological polar surface area (TPSA) is 61.0 Å². The second-order valence-electron chi connectivity index (χ2n) is 3.88. The van der Waals surface area contributed by atoms with E-state index >= 15 is 0 Å². The van der Waals surface area contributed by atoms with Crippen LogP contribution in [0.25, 0.3) is 0 Å². The third-order valence-corrected chi connectivity index (χ3v) is 2.37. The van der Waals surface area contributed by atoms with E-state index in [0.717, 1.165) is 18.9 Å². The molecule has 2 N–H and O–H groups in total. The number of nitrogens with two attached hydrogens (primary N) is 1. The molecule has 0 saturated heterocycles. The quantitative estimate of drug-likeness (QED) is 0.844. The van der Waals surface area contributed by atoms with Crippen molar-refractivity contribution in [2.45, 2.75) is 19.8 Å². The fraction of sp³-hybridized carbons (Fsp3) is 0.231. The van der Waals surface area contributed by atoms with Crippen LogP contribution in [0.2, 0.25) is 0 Å². The summed E-state index contributed by atoms with van der Waals surface area (Å²) < 4.78 is 18.4. The molecule has 1 aromatic heterocycles. The minimum Gasteiger partial charge on any atom is -0.439 e. The van der Waals surface area contributed by atoms with Crippen molar-refractivity contribution in [3.05, 3.63) is 41.8 Å². The number of aromatic nitrogens is 2. The molecule has 1 aromatic carbocycles. The maximum atomic E-state index is 13.0. The Hall–Kier alpha value is -2.17. The van der Waals surface area contributed by atoms with Gasteiger partial charge >= 0.3 is 0 Å². The second kappa shape index (κ2) is 5.44. The average molecular weight is 247 g/mol. The zero-order valence-corrected chi connectivity index (χ0v) is 10.1. The summed E-state index contributed by atoms with van der Waals surface area (Å²) in [5, 5.41) is 0. The predicted molar refractivity (Wildman–Crippen MR) is 66.9 cm³/mol. The summed E-state index contributed by atoms with van der Waals surface area (Å²) in [6, 6.07) is 8.68. The van der Waals surface area contributed by atoms with Crippen LogP contribution in [0.15, 0.2) is 30.3 Å². The van der Waals surface area contributed by atoms with Crippen molar-refractivity contribution in [1.29, 1.82) is 0 Å². The molecule has 2 aromatic rings. The molecule has 0 amide bonds. The van der Waals surface area contributed by atoms with Gasteiger partial charge in [0.15, 0.2) is 0 Å². The third-order valence-electron chi connectivity index (χ3n) is 2.37. The molecule has 0 saturated carbocycles. The van der Waals surface area contributed by atoms with Crippen LogP contribution >= 0.6 is 0 Å². The third kappa shape index (κ3) is 3.16. The van der Waals surface area contributed by atoms with E-state index in [4.69, 9.17) is 10.5 Å². The molecule has 2 rings (SSSR count). The van der Waals surface area contributed by atoms with E-state index in [1.165, 1.54) is 5.56 Å². The molecular formula is C13H14FN3O. The summed E-state index contributed by atoms with van der Waals surface area (Å²) >= 11 is 0. The molecule has 94 valence electrons. The zero-order chi connectivity index (χ0) is 13.0. The number of halogens is 1. The lowest BCUT2D eigenvalue weighted by atomic mass is 10.1. The number of ether oxygens (including phenoxy) is 1. The van der Waals surface area contributed by atoms with Gasteiger partial charge in [0.25, 0.3) is 0 Å². The molecule has 0 aliphatic rings. The van der Waals surface area contributed by atoms with Gasteiger partial charge in [0, 0.05) is 0 Å². The van der Waals surface area contributed by atoms with Crippen molar-refractivity contribution in [1.82, 2.24) is 9.97 Å². The maximum Gasteiger partial charge on any atom is 0.227 e. The Kier molecular flexibility index (Phi) is 3.72. The lowest BCUT2D eigenvalue weighted by Crippen LogP contribution is -1.99. The van der Waals surface area contributed by atoms with Crippen molar-refractivity contribution in [2.75, 3.05) is 5.73 Å². The highest BCUT2D eigenvalue weighted by molar-refractivity contribution is 5.31. The van der Waals surface area contributed by atoms with Gasteiger partial charge < -0.3 is 10.5 Å². The van der Waals surface area contributed by atoms with E-state index in [2.05, 4.69) is 16.9 Å². The van der Waals surface area contributed by atoms with E-state index in [1.54, 1.807) is 0 Å². The first-order valence-electron chi connectivity index (χ1n) is 5.74. The van der Waals surface area contributed by atoms with E-state index < -0.39 is 5.95 Å². The summed E-state index contributed by atoms with van der Waals surface area (Å²) in [6.45, 7) is 2.12. The largest absolute Gasteiger partial charge is 0.439 e. The highest BCUT2D eigenvalue weighted by atomic mass is 19.1. The normalized spacial score (nSPS) is 10.3. The highest BCUT2D eigenvalue weighted by Gasteiger charge is 2.04. The maximum absolute atomic E-state index is 13.0. The van der Waals surface area contributed by atoms with Crippen LogP contribution in [-0.4, -0.2) is 9.97 Å². The van der Waals surface area contributed by atoms with Crippen molar-refractivity contribution in [3.8, 4) is 11.6 Å². The van der Waals surface area contributed by atoms with E-state index in [1.807, 2.05) is 24.3 Å². The molecule has 0 fully saturated rings. The fourth-order valence-electron chi connectivity index (χ4n) is 1.60. The molecule has 18 heavy (non-hydrogen) atoms. The summed E-state index contributed by atoms with van der Waals surface area (Å²) in [6.07, 6.45) is 2.11. The zero-order valence-electron chi connectivity index (χ0n) is 10.1. The van der Waals surface area contributed by atoms with Gasteiger partial charge in [-0.3, -0.25) is 0 Å². The Bertz CT molecular complexity index is 508. The molecule has 0 bridgehead atoms. The van der Waals surface area contributed by atoms with Crippen LogP contribution in [0.1, 0.15) is 18.9 Å². The Morgan fingerprint density at radius 2 is 1.94 bits per heavy atom. The van der Waals surface area contributed by atoms with Crippen LogP contribution in [-0.2, 0) is 6.42 Å². The molecular weight excluding hydrogens is 233 g/mol. The smallest absolute Gasteiger partial charge is 0.227 e. The van der Waals surface area contributed by atoms with Gasteiger partial charge in [-0.2, -0.15) is 14.4 Å². The van der Waals surface area contributed by atoms with Crippen LogP contribution in [0, 0.1) is 5.95 Å². The summed E-state index contributed by atoms with van der Waals surface area (Å²) in [4.78, 5) is 7.13. The van der Waals surface area contributed by atoms with Gasteiger partial charge in [-0.05, 0) is 24.1 Å². The molecule has 0 radical (unpaired) electrons. The summed E-state index contributed by atoms with van der Waals surface area (Å²) in [7, 11) is 0. The van der Waals surface area contributed by atoms with Crippen LogP contribution in [0.5, 0.6) is 11.6 Å². The molecule has 1 heterocycles. The number of rotatable bonds is 4. The first-order chi connectivity index (χ1) is 8.67. The summed E-state index contributed by atoms with van der Waals surface area (Å²) in [5.41, 5.74) is 6.57. The fourth-order valence-corrected chi connectivity index (χ4v) is 1.60. The monoisotopic (exact) mass is 247 g/mol. The SMILES string of the molecule is CCCc1ccc(Oc2cc(F)nc(N)n2)cc1. The van der Waals surface area contributed by atoms with Crippen molar-refractivity contribution >= 4 is 5.95 Å². The van der Waals surface area contributed by atoms with E-state index in [9.17, 15) is 4.39 Å². The van der Waals surface area contributed by atoms with Gasteiger partial charge in [-0.1, -0.05) is 25.5 Å². The van der Waals surface area contributed by atoms with E-state index in [0.29, 0.717) is 5.75 Å². The predicted octanol–water partition coefficient (Wildman–Crippen LogP) is 2.94. The van der Waals surface area contributed by atoms with Gasteiger partial charge in [0.05, 0.1) is 6.07 Å². The average Bonchev–Trinajstić information content (AvgIpc) is 2.31. The Labute approximate surface area is 105 Å². The molecule has 0 unspecified atom stereocenters. The van der Waals surface area contributed by atoms with Crippen molar-refractivity contribution in [2.24, 2.45) is 0 Å². The molecule has 0 aliphatic carbocycles. The first-order valence-corrected chi connectivity index (χ1v) is 5.74. The minimum atomic E-state index is -0.708. The number of nitrogens with zero attached hydrogens (tertiary/aromatic N) is 2. The Morgan fingerprint density at radius 3 is 2.56 bits per heavy atom. The van der Waals surface area contributed by atoms with Gasteiger partial charge in [0.2, 0.25) is 17.8 Å². The van der Waals surface area contributed by atoms with Crippen LogP contribution in [0.3, 0.4) is 0 Å². The number of benzene rings is 1. The molecule has 5 heteroatoms. The standard InChI is InChI=1S/C13H14FN3O/c1-2-3-9-4-6-10(7-5-9)18-12-8-11(14)16-13(15)17-12/h4-8H,2-3H2,1H3,(H2,15,16,17). The van der Waals surface area contributed by atoms with E-state index in [-0.39, 0.29) is 11.8 Å². The molecule has 0 atom stereocenters. The molecule has 0 spiro atoms. The first kappa shape index (κ1) is 12.3. The van der Waals surface area contributed by atoms with Gasteiger partial charge in [0.1, 0.15) is 5.75 Å². The Balaban J connectivity index is 2.13. The van der Waals surface area contributed by atoms with Gasteiger partial charge in [-0.25, -0.2) is 0 Å². The van der Waals surface area contributed by atoms with Crippen molar-refractivity contribution < 1.29 is 9.13 Å². The minimum absolute atomic E-state index is 0.100. The van der Waals surface area contributed by atoms with Crippen LogP contribution < -0.4 is 10.5 Å². The number of nitrogen functional groups attached to an aromatic ring is 1. The Morgan fingerprint density at radius 1 is 1.22 bits per heavy atom. The number of hydrogen-bond donors (Lipinski definition) is 1. The lowest BCUT2D eigenvalue weighted by Gasteiger charge is -2.06. The summed E-state index contributed by atoms with van der Waals surface area (Å²) in [5.74, 6) is -0.164. The molecule has 4 nitrogen and oxygen atoms in total. The number of anilines is 1. The lowest BCUT2D eigenvalue weighted by molar-refractivity contribution is 0.452. The van der Waals surface area contributed by atoms with Crippen LogP contribution in [0.4, 0.5) is 10.3 Å². The van der Waals surface area contributed by atoms with Gasteiger partial charge in [-0.15, -0.1) is 0 Å². The number of hydrogen-bond acceptors (Lipinski definition) is 4.